The van der Waals surface area contributed by atoms with Crippen LogP contribution in [0.25, 0.3) is 0 Å². The smallest absolute Gasteiger partial charge is 0.288 e. The van der Waals surface area contributed by atoms with E-state index < -0.39 is 17.8 Å². The second kappa shape index (κ2) is 6.20. The van der Waals surface area contributed by atoms with Gasteiger partial charge in [0.25, 0.3) is 0 Å². The molecule has 0 saturated carbocycles. The minimum Gasteiger partial charge on any atom is -0.288 e. The Labute approximate surface area is 136 Å². The zero-order valence-corrected chi connectivity index (χ0v) is 14.0. The second-order valence-corrected chi connectivity index (χ2v) is 6.94. The average molecular weight is 379 g/mol. The van der Waals surface area contributed by atoms with E-state index >= 15 is 0 Å². The maximum absolute atomic E-state index is 13.4. The van der Waals surface area contributed by atoms with Crippen molar-refractivity contribution in [2.75, 3.05) is 0 Å². The van der Waals surface area contributed by atoms with Crippen LogP contribution in [0.5, 0.6) is 0 Å². The van der Waals surface area contributed by atoms with Crippen LogP contribution in [0.1, 0.15) is 32.3 Å². The Morgan fingerprint density at radius 3 is 2.50 bits per heavy atom. The second-order valence-electron chi connectivity index (χ2n) is 6.08. The van der Waals surface area contributed by atoms with Crippen LogP contribution in [0, 0.1) is 0 Å². The third-order valence-corrected chi connectivity index (χ3v) is 4.60. The molecule has 0 aromatic heterocycles. The molecule has 3 nitrogen and oxygen atoms in total. The number of hydrogen-bond acceptors (Lipinski definition) is 2. The highest BCUT2D eigenvalue weighted by Crippen LogP contribution is 2.35. The summed E-state index contributed by atoms with van der Waals surface area (Å²) in [4.78, 5) is 11.5. The number of aryl methyl sites for hydroxylation is 1. The molecule has 1 amide bonds. The van der Waals surface area contributed by atoms with Crippen LogP contribution in [-0.2, 0) is 11.2 Å². The summed E-state index contributed by atoms with van der Waals surface area (Å²) in [5, 5.41) is 1.06. The molecule has 0 radical (unpaired) electrons. The van der Waals surface area contributed by atoms with Crippen LogP contribution >= 0.6 is 15.9 Å². The predicted octanol–water partition coefficient (Wildman–Crippen LogP) is 3.83. The van der Waals surface area contributed by atoms with Gasteiger partial charge in [0.1, 0.15) is 6.04 Å². The highest BCUT2D eigenvalue weighted by Gasteiger charge is 2.51. The fraction of sp³-hybridized carbons (Fsp3) is 0.533. The normalized spacial score (nSPS) is 20.0. The van der Waals surface area contributed by atoms with Crippen molar-refractivity contribution in [2.24, 2.45) is 0 Å². The van der Waals surface area contributed by atoms with E-state index in [1.807, 2.05) is 6.07 Å². The molecule has 1 fully saturated rings. The zero-order valence-electron chi connectivity index (χ0n) is 12.4. The quantitative estimate of drug-likeness (QED) is 0.863. The van der Waals surface area contributed by atoms with Gasteiger partial charge in [0, 0.05) is 16.4 Å². The lowest BCUT2D eigenvalue weighted by molar-refractivity contribution is -0.202. The number of halogens is 4. The molecule has 7 heteroatoms. The molecule has 1 atom stereocenters. The van der Waals surface area contributed by atoms with Crippen molar-refractivity contribution in [1.29, 1.82) is 0 Å². The van der Waals surface area contributed by atoms with Crippen molar-refractivity contribution in [2.45, 2.75) is 50.9 Å². The van der Waals surface area contributed by atoms with Gasteiger partial charge in [0.2, 0.25) is 5.91 Å². The maximum atomic E-state index is 13.4. The molecule has 1 heterocycles. The number of hydrogen-bond donors (Lipinski definition) is 1. The molecule has 1 aliphatic heterocycles. The van der Waals surface area contributed by atoms with Gasteiger partial charge in [-0.15, -0.1) is 0 Å². The number of nitrogens with zero attached hydrogens (tertiary/aromatic N) is 1. The monoisotopic (exact) mass is 378 g/mol. The summed E-state index contributed by atoms with van der Waals surface area (Å²) < 4.78 is 41.1. The van der Waals surface area contributed by atoms with E-state index in [1.54, 1.807) is 32.0 Å². The van der Waals surface area contributed by atoms with Gasteiger partial charge < -0.3 is 0 Å². The molecule has 1 aromatic carbocycles. The van der Waals surface area contributed by atoms with Crippen LogP contribution in [0.4, 0.5) is 13.2 Å². The van der Waals surface area contributed by atoms with Gasteiger partial charge in [-0.3, -0.25) is 10.2 Å². The van der Waals surface area contributed by atoms with Gasteiger partial charge in [0.05, 0.1) is 0 Å². The molecule has 1 N–H and O–H groups in total. The van der Waals surface area contributed by atoms with Crippen molar-refractivity contribution in [3.8, 4) is 0 Å². The molecule has 1 aromatic rings. The van der Waals surface area contributed by atoms with Gasteiger partial charge in [-0.25, -0.2) is 5.01 Å². The van der Waals surface area contributed by atoms with Gasteiger partial charge in [-0.2, -0.15) is 13.2 Å². The SMILES string of the molecule is CC1(C)CC(=O)NN1C(CCc1ccccc1Br)C(F)(F)F. The first kappa shape index (κ1) is 17.3. The van der Waals surface area contributed by atoms with E-state index in [-0.39, 0.29) is 25.2 Å². The largest absolute Gasteiger partial charge is 0.405 e. The Hall–Kier alpha value is -1.08. The van der Waals surface area contributed by atoms with Crippen molar-refractivity contribution in [3.63, 3.8) is 0 Å². The lowest BCUT2D eigenvalue weighted by Crippen LogP contribution is -2.56. The van der Waals surface area contributed by atoms with E-state index in [0.29, 0.717) is 0 Å². The first-order valence-corrected chi connectivity index (χ1v) is 7.79. The number of rotatable bonds is 4. The molecule has 0 bridgehead atoms. The Bertz CT molecular complexity index is 560. The summed E-state index contributed by atoms with van der Waals surface area (Å²) in [5.41, 5.74) is 2.33. The van der Waals surface area contributed by atoms with Crippen LogP contribution in [0.2, 0.25) is 0 Å². The first-order valence-electron chi connectivity index (χ1n) is 7.00. The number of alkyl halides is 3. The van der Waals surface area contributed by atoms with Gasteiger partial charge >= 0.3 is 6.18 Å². The zero-order chi connectivity index (χ0) is 16.5. The Morgan fingerprint density at radius 2 is 2.00 bits per heavy atom. The molecule has 1 unspecified atom stereocenters. The van der Waals surface area contributed by atoms with Crippen LogP contribution in [0.15, 0.2) is 28.7 Å². The van der Waals surface area contributed by atoms with Crippen molar-refractivity contribution in [3.05, 3.63) is 34.3 Å². The molecule has 0 aliphatic carbocycles. The van der Waals surface area contributed by atoms with E-state index in [0.717, 1.165) is 15.0 Å². The van der Waals surface area contributed by atoms with Crippen LogP contribution in [-0.4, -0.2) is 28.7 Å². The third-order valence-electron chi connectivity index (χ3n) is 3.82. The number of nitrogens with one attached hydrogen (secondary N) is 1. The number of carbonyl (C=O) groups excluding carboxylic acids is 1. The van der Waals surface area contributed by atoms with E-state index in [1.165, 1.54) is 0 Å². The van der Waals surface area contributed by atoms with E-state index in [2.05, 4.69) is 21.4 Å². The van der Waals surface area contributed by atoms with E-state index in [4.69, 9.17) is 0 Å². The summed E-state index contributed by atoms with van der Waals surface area (Å²) in [6.07, 6.45) is -4.19. The molecule has 1 saturated heterocycles. The molecule has 2 rings (SSSR count). The predicted molar refractivity (Wildman–Crippen MR) is 81.0 cm³/mol. The molecular formula is C15H18BrF3N2O. The lowest BCUT2D eigenvalue weighted by Gasteiger charge is -2.37. The summed E-state index contributed by atoms with van der Waals surface area (Å²) >= 11 is 3.35. The Morgan fingerprint density at radius 1 is 1.36 bits per heavy atom. The lowest BCUT2D eigenvalue weighted by atomic mass is 9.97. The third kappa shape index (κ3) is 3.81. The number of amides is 1. The summed E-state index contributed by atoms with van der Waals surface area (Å²) in [6, 6.07) is 5.51. The maximum Gasteiger partial charge on any atom is 0.405 e. The minimum absolute atomic E-state index is 0.0641. The van der Waals surface area contributed by atoms with Gasteiger partial charge in [0.15, 0.2) is 0 Å². The molecule has 1 aliphatic rings. The summed E-state index contributed by atoms with van der Waals surface area (Å²) in [5.74, 6) is -0.375. The fourth-order valence-corrected chi connectivity index (χ4v) is 3.22. The fourth-order valence-electron chi connectivity index (χ4n) is 2.74. The Balaban J connectivity index is 2.18. The molecule has 22 heavy (non-hydrogen) atoms. The number of carbonyl (C=O) groups is 1. The van der Waals surface area contributed by atoms with Crippen LogP contribution in [0.3, 0.4) is 0 Å². The van der Waals surface area contributed by atoms with Gasteiger partial charge in [-0.05, 0) is 38.3 Å². The van der Waals surface area contributed by atoms with E-state index in [9.17, 15) is 18.0 Å². The standard InChI is InChI=1S/C15H18BrF3N2O/c1-14(2)9-13(22)20-21(14)12(15(17,18)19)8-7-10-5-3-4-6-11(10)16/h3-6,12H,7-9H2,1-2H3,(H,20,22). The molecular weight excluding hydrogens is 361 g/mol. The highest BCUT2D eigenvalue weighted by molar-refractivity contribution is 9.10. The molecule has 122 valence electrons. The van der Waals surface area contributed by atoms with Gasteiger partial charge in [-0.1, -0.05) is 34.1 Å². The average Bonchev–Trinajstić information content (AvgIpc) is 2.63. The van der Waals surface area contributed by atoms with Crippen LogP contribution < -0.4 is 5.43 Å². The summed E-state index contributed by atoms with van der Waals surface area (Å²) in [7, 11) is 0. The Kier molecular flexibility index (Phi) is 4.87. The first-order chi connectivity index (χ1) is 10.1. The summed E-state index contributed by atoms with van der Waals surface area (Å²) in [6.45, 7) is 3.28. The van der Waals surface area contributed by atoms with Crippen molar-refractivity contribution in [1.82, 2.24) is 10.4 Å². The van der Waals surface area contributed by atoms with Crippen molar-refractivity contribution >= 4 is 21.8 Å². The highest BCUT2D eigenvalue weighted by atomic mass is 79.9. The topological polar surface area (TPSA) is 32.3 Å². The minimum atomic E-state index is -4.41. The number of benzene rings is 1. The number of hydrazine groups is 1. The molecule has 0 spiro atoms. The van der Waals surface area contributed by atoms with Crippen molar-refractivity contribution < 1.29 is 18.0 Å².